The van der Waals surface area contributed by atoms with Crippen molar-refractivity contribution in [2.45, 2.75) is 0 Å². The molecule has 3 aromatic heterocycles. The second-order valence-corrected chi connectivity index (χ2v) is 6.05. The van der Waals surface area contributed by atoms with Gasteiger partial charge in [-0.2, -0.15) is 5.10 Å². The van der Waals surface area contributed by atoms with Crippen molar-refractivity contribution in [1.82, 2.24) is 24.7 Å². The van der Waals surface area contributed by atoms with E-state index in [1.54, 1.807) is 25.0 Å². The first-order valence-corrected chi connectivity index (χ1v) is 8.38. The number of hydrogen-bond acceptors (Lipinski definition) is 7. The summed E-state index contributed by atoms with van der Waals surface area (Å²) in [5, 5.41) is 8.11. The molecule has 0 saturated carbocycles. The monoisotopic (exact) mass is 361 g/mol. The Morgan fingerprint density at radius 1 is 1.15 bits per heavy atom. The van der Waals surface area contributed by atoms with Gasteiger partial charge in [-0.1, -0.05) is 6.07 Å². The van der Waals surface area contributed by atoms with E-state index in [0.717, 1.165) is 22.1 Å². The summed E-state index contributed by atoms with van der Waals surface area (Å²) in [7, 11) is 5.32. The average Bonchev–Trinajstić information content (AvgIpc) is 3.12. The maximum absolute atomic E-state index is 5.97. The van der Waals surface area contributed by atoms with Crippen molar-refractivity contribution in [2.75, 3.05) is 25.2 Å². The van der Waals surface area contributed by atoms with Crippen LogP contribution in [0.1, 0.15) is 0 Å². The van der Waals surface area contributed by atoms with Crippen molar-refractivity contribution in [3.8, 4) is 28.1 Å². The van der Waals surface area contributed by atoms with E-state index >= 15 is 0 Å². The standard InChI is InChI=1S/C19H19N7O/c1-21-18-17-14(6-7-22-18)16(24-19(20)25-17)13-5-4-11(8-15(13)27-3)12-9-23-26(2)10-12/h4-10H,1-3H3,(H,21,22)(H2,20,24,25). The van der Waals surface area contributed by atoms with Gasteiger partial charge >= 0.3 is 0 Å². The largest absolute Gasteiger partial charge is 0.496 e. The molecular formula is C19H19N7O. The predicted octanol–water partition coefficient (Wildman–Crippen LogP) is 2.72. The van der Waals surface area contributed by atoms with Gasteiger partial charge in [0, 0.05) is 43.0 Å². The molecule has 0 amide bonds. The molecule has 0 aliphatic heterocycles. The lowest BCUT2D eigenvalue weighted by Crippen LogP contribution is -2.02. The highest BCUT2D eigenvalue weighted by molar-refractivity contribution is 5.99. The van der Waals surface area contributed by atoms with Gasteiger partial charge in [-0.05, 0) is 23.8 Å². The van der Waals surface area contributed by atoms with Crippen LogP contribution >= 0.6 is 0 Å². The number of nitrogens with one attached hydrogen (secondary N) is 1. The summed E-state index contributed by atoms with van der Waals surface area (Å²) in [4.78, 5) is 13.1. The molecule has 136 valence electrons. The van der Waals surface area contributed by atoms with E-state index in [0.29, 0.717) is 22.8 Å². The van der Waals surface area contributed by atoms with Crippen molar-refractivity contribution in [3.63, 3.8) is 0 Å². The zero-order valence-corrected chi connectivity index (χ0v) is 15.3. The first-order chi connectivity index (χ1) is 13.1. The van der Waals surface area contributed by atoms with Crippen LogP contribution in [0.15, 0.2) is 42.9 Å². The van der Waals surface area contributed by atoms with Crippen molar-refractivity contribution >= 4 is 22.7 Å². The molecule has 4 rings (SSSR count). The van der Waals surface area contributed by atoms with E-state index in [2.05, 4.69) is 25.4 Å². The van der Waals surface area contributed by atoms with Crippen LogP contribution in [-0.4, -0.2) is 38.9 Å². The van der Waals surface area contributed by atoms with Gasteiger partial charge in [0.1, 0.15) is 11.3 Å². The van der Waals surface area contributed by atoms with Crippen LogP contribution in [0.3, 0.4) is 0 Å². The van der Waals surface area contributed by atoms with Gasteiger partial charge in [0.15, 0.2) is 5.82 Å². The van der Waals surface area contributed by atoms with Gasteiger partial charge in [-0.25, -0.2) is 15.0 Å². The molecule has 0 radical (unpaired) electrons. The fraction of sp³-hybridized carbons (Fsp3) is 0.158. The summed E-state index contributed by atoms with van der Waals surface area (Å²) in [6, 6.07) is 7.83. The van der Waals surface area contributed by atoms with Gasteiger partial charge in [0.25, 0.3) is 0 Å². The Labute approximate surface area is 156 Å². The van der Waals surface area contributed by atoms with Crippen LogP contribution in [0.5, 0.6) is 5.75 Å². The number of anilines is 2. The first-order valence-electron chi connectivity index (χ1n) is 8.38. The van der Waals surface area contributed by atoms with Gasteiger partial charge in [-0.3, -0.25) is 4.68 Å². The van der Waals surface area contributed by atoms with Crippen LogP contribution in [0.4, 0.5) is 11.8 Å². The Morgan fingerprint density at radius 3 is 2.70 bits per heavy atom. The van der Waals surface area contributed by atoms with Crippen molar-refractivity contribution < 1.29 is 4.74 Å². The molecule has 0 atom stereocenters. The topological polar surface area (TPSA) is 104 Å². The molecule has 0 spiro atoms. The Hall–Kier alpha value is -3.68. The summed E-state index contributed by atoms with van der Waals surface area (Å²) < 4.78 is 7.42. The minimum atomic E-state index is 0.181. The number of nitrogens with two attached hydrogens (primary N) is 1. The summed E-state index contributed by atoms with van der Waals surface area (Å²) in [5.74, 6) is 1.52. The Kier molecular flexibility index (Phi) is 4.08. The van der Waals surface area contributed by atoms with E-state index in [4.69, 9.17) is 10.5 Å². The fourth-order valence-electron chi connectivity index (χ4n) is 3.10. The minimum Gasteiger partial charge on any atom is -0.496 e. The van der Waals surface area contributed by atoms with E-state index in [1.165, 1.54) is 0 Å². The number of benzene rings is 1. The lowest BCUT2D eigenvalue weighted by atomic mass is 10.0. The Balaban J connectivity index is 1.93. The van der Waals surface area contributed by atoms with Gasteiger partial charge in [0.05, 0.1) is 19.0 Å². The molecule has 0 bridgehead atoms. The highest BCUT2D eigenvalue weighted by Gasteiger charge is 2.16. The first kappa shape index (κ1) is 16.8. The van der Waals surface area contributed by atoms with Crippen LogP contribution in [-0.2, 0) is 7.05 Å². The number of rotatable bonds is 4. The van der Waals surface area contributed by atoms with Crippen LogP contribution < -0.4 is 15.8 Å². The average molecular weight is 361 g/mol. The quantitative estimate of drug-likeness (QED) is 0.576. The molecule has 0 aliphatic carbocycles. The lowest BCUT2D eigenvalue weighted by Gasteiger charge is -2.13. The SMILES string of the molecule is CNc1nccc2c(-c3ccc(-c4cnn(C)c4)cc3OC)nc(N)nc12. The maximum atomic E-state index is 5.97. The third-order valence-corrected chi connectivity index (χ3v) is 4.36. The molecule has 0 saturated heterocycles. The number of nitrogens with zero attached hydrogens (tertiary/aromatic N) is 5. The molecule has 4 aromatic rings. The maximum Gasteiger partial charge on any atom is 0.221 e. The molecule has 0 unspecified atom stereocenters. The summed E-state index contributed by atoms with van der Waals surface area (Å²) in [6.45, 7) is 0. The number of aromatic nitrogens is 5. The van der Waals surface area contributed by atoms with Crippen LogP contribution in [0, 0.1) is 0 Å². The van der Waals surface area contributed by atoms with Crippen molar-refractivity contribution in [1.29, 1.82) is 0 Å². The van der Waals surface area contributed by atoms with E-state index in [-0.39, 0.29) is 5.95 Å². The van der Waals surface area contributed by atoms with E-state index in [9.17, 15) is 0 Å². The van der Waals surface area contributed by atoms with Gasteiger partial charge < -0.3 is 15.8 Å². The van der Waals surface area contributed by atoms with Crippen LogP contribution in [0.25, 0.3) is 33.3 Å². The number of hydrogen-bond donors (Lipinski definition) is 2. The number of ether oxygens (including phenoxy) is 1. The van der Waals surface area contributed by atoms with Crippen molar-refractivity contribution in [2.24, 2.45) is 7.05 Å². The molecule has 1 aromatic carbocycles. The zero-order valence-electron chi connectivity index (χ0n) is 15.3. The lowest BCUT2D eigenvalue weighted by molar-refractivity contribution is 0.416. The van der Waals surface area contributed by atoms with Gasteiger partial charge in [-0.15, -0.1) is 0 Å². The Bertz CT molecular complexity index is 1140. The molecule has 3 heterocycles. The smallest absolute Gasteiger partial charge is 0.221 e. The predicted molar refractivity (Wildman–Crippen MR) is 105 cm³/mol. The molecule has 27 heavy (non-hydrogen) atoms. The molecule has 0 fully saturated rings. The third-order valence-electron chi connectivity index (χ3n) is 4.36. The summed E-state index contributed by atoms with van der Waals surface area (Å²) in [5.41, 5.74) is 10.2. The normalized spacial score (nSPS) is 10.9. The second kappa shape index (κ2) is 6.56. The highest BCUT2D eigenvalue weighted by atomic mass is 16.5. The van der Waals surface area contributed by atoms with Crippen LogP contribution in [0.2, 0.25) is 0 Å². The fourth-order valence-corrected chi connectivity index (χ4v) is 3.10. The summed E-state index contributed by atoms with van der Waals surface area (Å²) >= 11 is 0. The Morgan fingerprint density at radius 2 is 2.00 bits per heavy atom. The number of aryl methyl sites for hydroxylation is 1. The van der Waals surface area contributed by atoms with E-state index in [1.807, 2.05) is 43.7 Å². The second-order valence-electron chi connectivity index (χ2n) is 6.05. The van der Waals surface area contributed by atoms with Gasteiger partial charge in [0.2, 0.25) is 5.95 Å². The number of methoxy groups -OCH3 is 1. The highest BCUT2D eigenvalue weighted by Crippen LogP contribution is 2.37. The molecule has 8 heteroatoms. The minimum absolute atomic E-state index is 0.181. The number of fused-ring (bicyclic) bond motifs is 1. The zero-order chi connectivity index (χ0) is 19.0. The van der Waals surface area contributed by atoms with Crippen molar-refractivity contribution in [3.05, 3.63) is 42.9 Å². The number of pyridine rings is 1. The third kappa shape index (κ3) is 2.91. The molecule has 8 nitrogen and oxygen atoms in total. The van der Waals surface area contributed by atoms with E-state index < -0.39 is 0 Å². The number of nitrogen functional groups attached to an aromatic ring is 1. The molecule has 3 N–H and O–H groups in total. The molecule has 0 aliphatic rings. The molecular weight excluding hydrogens is 342 g/mol. The summed E-state index contributed by atoms with van der Waals surface area (Å²) in [6.07, 6.45) is 5.49.